The number of carbonyl (C=O) groups excluding carboxylic acids is 2. The molecular formula is C21H28O4. The fourth-order valence-corrected chi connectivity index (χ4v) is 7.83. The number of aliphatic hydroxyl groups excluding tert-OH is 1. The first-order chi connectivity index (χ1) is 12.0. The van der Waals surface area contributed by atoms with E-state index in [1.807, 2.05) is 6.08 Å². The van der Waals surface area contributed by atoms with E-state index in [0.717, 1.165) is 51.6 Å². The van der Waals surface area contributed by atoms with Gasteiger partial charge in [0.15, 0.2) is 11.6 Å². The number of Topliss-reactive ketones (excluding diaryl/α,β-unsaturated/α-hetero) is 1. The number of ketones is 2. The first kappa shape index (κ1) is 16.2. The van der Waals surface area contributed by atoms with Gasteiger partial charge in [-0.25, -0.2) is 0 Å². The van der Waals surface area contributed by atoms with Gasteiger partial charge in [0.2, 0.25) is 0 Å². The van der Waals surface area contributed by atoms with E-state index in [9.17, 15) is 14.7 Å². The molecule has 25 heavy (non-hydrogen) atoms. The Labute approximate surface area is 149 Å². The summed E-state index contributed by atoms with van der Waals surface area (Å²) in [6.07, 6.45) is 9.60. The highest BCUT2D eigenvalue weighted by molar-refractivity contribution is 5.91. The number of hydrogen-bond acceptors (Lipinski definition) is 4. The van der Waals surface area contributed by atoms with Gasteiger partial charge in [-0.3, -0.25) is 9.59 Å². The van der Waals surface area contributed by atoms with Crippen LogP contribution < -0.4 is 0 Å². The summed E-state index contributed by atoms with van der Waals surface area (Å²) in [5.41, 5.74) is 1.31. The Morgan fingerprint density at radius 3 is 2.84 bits per heavy atom. The van der Waals surface area contributed by atoms with Gasteiger partial charge in [0.25, 0.3) is 0 Å². The lowest BCUT2D eigenvalue weighted by atomic mass is 9.46. The number of fused-ring (bicyclic) bond motifs is 1. The van der Waals surface area contributed by atoms with E-state index in [-0.39, 0.29) is 40.5 Å². The summed E-state index contributed by atoms with van der Waals surface area (Å²) in [5, 5.41) is 9.42. The summed E-state index contributed by atoms with van der Waals surface area (Å²) in [6, 6.07) is 0. The van der Waals surface area contributed by atoms with Crippen molar-refractivity contribution >= 4 is 11.6 Å². The van der Waals surface area contributed by atoms with Gasteiger partial charge in [0, 0.05) is 17.8 Å². The fraction of sp³-hybridized carbons (Fsp3) is 0.810. The van der Waals surface area contributed by atoms with Crippen molar-refractivity contribution in [3.63, 3.8) is 0 Å². The highest BCUT2D eigenvalue weighted by Crippen LogP contribution is 2.72. The third kappa shape index (κ3) is 1.80. The molecule has 4 nitrogen and oxygen atoms in total. The second-order valence-corrected chi connectivity index (χ2v) is 9.44. The van der Waals surface area contributed by atoms with Crippen molar-refractivity contribution in [3.05, 3.63) is 11.6 Å². The largest absolute Gasteiger partial charge is 0.389 e. The average Bonchev–Trinajstić information content (AvgIpc) is 3.07. The molecule has 136 valence electrons. The smallest absolute Gasteiger partial charge is 0.161 e. The molecule has 1 spiro atoms. The Balaban J connectivity index is 1.55. The predicted octanol–water partition coefficient (Wildman–Crippen LogP) is 2.83. The van der Waals surface area contributed by atoms with Gasteiger partial charge in [-0.1, -0.05) is 12.5 Å². The summed E-state index contributed by atoms with van der Waals surface area (Å²) >= 11 is 0. The Bertz CT molecular complexity index is 681. The van der Waals surface area contributed by atoms with Crippen molar-refractivity contribution in [3.8, 4) is 0 Å². The maximum Gasteiger partial charge on any atom is 0.161 e. The minimum atomic E-state index is -0.330. The van der Waals surface area contributed by atoms with E-state index in [4.69, 9.17) is 4.74 Å². The minimum Gasteiger partial charge on any atom is -0.389 e. The zero-order valence-corrected chi connectivity index (χ0v) is 15.1. The fourth-order valence-electron chi connectivity index (χ4n) is 7.83. The van der Waals surface area contributed by atoms with Gasteiger partial charge < -0.3 is 9.84 Å². The predicted molar refractivity (Wildman–Crippen MR) is 91.8 cm³/mol. The lowest BCUT2D eigenvalue weighted by molar-refractivity contribution is -0.154. The van der Waals surface area contributed by atoms with Gasteiger partial charge in [-0.2, -0.15) is 0 Å². The molecule has 6 atom stereocenters. The lowest BCUT2D eigenvalue weighted by Gasteiger charge is -2.58. The third-order valence-electron chi connectivity index (χ3n) is 8.87. The van der Waals surface area contributed by atoms with E-state index >= 15 is 0 Å². The molecule has 0 amide bonds. The molecule has 1 saturated heterocycles. The van der Waals surface area contributed by atoms with Crippen LogP contribution in [0.4, 0.5) is 0 Å². The van der Waals surface area contributed by atoms with Gasteiger partial charge in [-0.05, 0) is 68.3 Å². The molecule has 0 aromatic rings. The van der Waals surface area contributed by atoms with Crippen LogP contribution in [-0.2, 0) is 14.3 Å². The summed E-state index contributed by atoms with van der Waals surface area (Å²) < 4.78 is 6.68. The third-order valence-corrected chi connectivity index (χ3v) is 8.87. The van der Waals surface area contributed by atoms with Gasteiger partial charge >= 0.3 is 0 Å². The molecule has 5 rings (SSSR count). The van der Waals surface area contributed by atoms with Crippen molar-refractivity contribution < 1.29 is 19.4 Å². The van der Waals surface area contributed by atoms with Crippen LogP contribution in [0.2, 0.25) is 0 Å². The van der Waals surface area contributed by atoms with Crippen LogP contribution in [0.5, 0.6) is 0 Å². The number of rotatable bonds is 2. The average molecular weight is 344 g/mol. The van der Waals surface area contributed by atoms with Gasteiger partial charge in [-0.15, -0.1) is 0 Å². The quantitative estimate of drug-likeness (QED) is 0.837. The SMILES string of the molecule is C[C@]12CC[C@@H]3[C@@]45CCC(=O)C=C4CC[C@@]3(OC5)[C@@H]1CC[C@@H]2C(=O)CO. The van der Waals surface area contributed by atoms with E-state index in [2.05, 4.69) is 6.92 Å². The molecule has 1 N–H and O–H groups in total. The standard InChI is InChI=1S/C21H28O4/c1-19-7-6-18-20-8-5-14(23)10-13(20)4-9-21(18,25-12-20)17(19)3-2-15(19)16(24)11-22/h10,15,17-18,22H,2-9,11-12H2,1H3/t15-,17-,18-,19-,20-,21-/m1/s1. The molecular weight excluding hydrogens is 316 g/mol. The molecule has 4 heteroatoms. The summed E-state index contributed by atoms with van der Waals surface area (Å²) in [7, 11) is 0. The van der Waals surface area contributed by atoms with Crippen molar-refractivity contribution in [2.45, 2.75) is 63.9 Å². The topological polar surface area (TPSA) is 63.6 Å². The van der Waals surface area contributed by atoms with E-state index in [1.54, 1.807) is 0 Å². The molecule has 1 aliphatic heterocycles. The first-order valence-electron chi connectivity index (χ1n) is 9.98. The number of aliphatic hydroxyl groups is 1. The van der Waals surface area contributed by atoms with E-state index in [0.29, 0.717) is 18.3 Å². The Kier molecular flexibility index (Phi) is 3.26. The second kappa shape index (κ2) is 5.04. The monoisotopic (exact) mass is 344 g/mol. The Morgan fingerprint density at radius 2 is 2.04 bits per heavy atom. The van der Waals surface area contributed by atoms with Crippen molar-refractivity contribution in [1.29, 1.82) is 0 Å². The summed E-state index contributed by atoms with van der Waals surface area (Å²) in [4.78, 5) is 24.3. The highest BCUT2D eigenvalue weighted by Gasteiger charge is 2.71. The molecule has 4 fully saturated rings. The van der Waals surface area contributed by atoms with Crippen LogP contribution >= 0.6 is 0 Å². The van der Waals surface area contributed by atoms with Crippen molar-refractivity contribution in [2.75, 3.05) is 13.2 Å². The molecule has 0 aromatic heterocycles. The first-order valence-corrected chi connectivity index (χ1v) is 9.98. The van der Waals surface area contributed by atoms with Gasteiger partial charge in [0.05, 0.1) is 12.2 Å². The minimum absolute atomic E-state index is 0.0113. The van der Waals surface area contributed by atoms with Crippen molar-refractivity contribution in [2.24, 2.45) is 28.6 Å². The molecule has 0 radical (unpaired) electrons. The molecule has 3 saturated carbocycles. The Hall–Kier alpha value is -1.00. The zero-order valence-electron chi connectivity index (χ0n) is 15.1. The number of hydrogen-bond donors (Lipinski definition) is 1. The number of carbonyl (C=O) groups is 2. The van der Waals surface area contributed by atoms with E-state index < -0.39 is 0 Å². The molecule has 1 heterocycles. The molecule has 5 aliphatic rings. The molecule has 0 unspecified atom stereocenters. The maximum atomic E-state index is 12.4. The Morgan fingerprint density at radius 1 is 1.20 bits per heavy atom. The lowest BCUT2D eigenvalue weighted by Crippen LogP contribution is -2.58. The maximum absolute atomic E-state index is 12.4. The van der Waals surface area contributed by atoms with Crippen molar-refractivity contribution in [1.82, 2.24) is 0 Å². The summed E-state index contributed by atoms with van der Waals surface area (Å²) in [6.45, 7) is 2.71. The second-order valence-electron chi connectivity index (χ2n) is 9.44. The molecule has 0 aromatic carbocycles. The van der Waals surface area contributed by atoms with Crippen LogP contribution in [0.1, 0.15) is 58.3 Å². The zero-order chi connectivity index (χ0) is 17.4. The van der Waals surface area contributed by atoms with Crippen LogP contribution in [0.25, 0.3) is 0 Å². The van der Waals surface area contributed by atoms with Crippen LogP contribution in [0, 0.1) is 28.6 Å². The van der Waals surface area contributed by atoms with Gasteiger partial charge in [0.1, 0.15) is 6.61 Å². The summed E-state index contributed by atoms with van der Waals surface area (Å²) in [5.74, 6) is 1.22. The van der Waals surface area contributed by atoms with E-state index in [1.165, 1.54) is 5.57 Å². The molecule has 4 aliphatic carbocycles. The number of ether oxygens (including phenoxy) is 1. The van der Waals surface area contributed by atoms with Crippen LogP contribution in [0.3, 0.4) is 0 Å². The van der Waals surface area contributed by atoms with Crippen LogP contribution in [0.15, 0.2) is 11.6 Å². The highest BCUT2D eigenvalue weighted by atomic mass is 16.5. The normalized spacial score (nSPS) is 50.7. The molecule has 2 bridgehead atoms. The van der Waals surface area contributed by atoms with Crippen LogP contribution in [-0.4, -0.2) is 35.5 Å².